The molecule has 4 aromatic heterocycles. The van der Waals surface area contributed by atoms with E-state index in [0.717, 1.165) is 0 Å². The molecule has 0 unspecified atom stereocenters. The van der Waals surface area contributed by atoms with E-state index in [9.17, 15) is 23.2 Å². The average molecular weight is 719 g/mol. The van der Waals surface area contributed by atoms with Crippen molar-refractivity contribution in [1.29, 1.82) is 0 Å². The zero-order chi connectivity index (χ0) is 34.3. The van der Waals surface area contributed by atoms with Gasteiger partial charge in [0, 0.05) is 18.7 Å². The van der Waals surface area contributed by atoms with Crippen molar-refractivity contribution in [2.24, 2.45) is 0 Å². The van der Waals surface area contributed by atoms with Gasteiger partial charge in [-0.3, -0.25) is 4.98 Å². The number of nitrogens with zero attached hydrogens (tertiary/aromatic N) is 9. The van der Waals surface area contributed by atoms with Gasteiger partial charge >= 0.3 is 18.0 Å². The van der Waals surface area contributed by atoms with Gasteiger partial charge in [-0.05, 0) is 56.1 Å². The van der Waals surface area contributed by atoms with Crippen LogP contribution in [0.5, 0.6) is 0 Å². The molecule has 0 atom stereocenters. The van der Waals surface area contributed by atoms with E-state index in [2.05, 4.69) is 46.5 Å². The second-order valence-electron chi connectivity index (χ2n) is 10.6. The van der Waals surface area contributed by atoms with Crippen molar-refractivity contribution in [3.05, 3.63) is 76.3 Å². The fraction of sp³-hybridized carbons (Fsp3) is 0.345. The van der Waals surface area contributed by atoms with Crippen molar-refractivity contribution in [2.45, 2.75) is 40.2 Å². The highest BCUT2D eigenvalue weighted by atomic mass is 79.9. The minimum absolute atomic E-state index is 0.0165. The molecule has 18 heteroatoms. The van der Waals surface area contributed by atoms with Crippen molar-refractivity contribution in [2.75, 3.05) is 26.3 Å². The van der Waals surface area contributed by atoms with Gasteiger partial charge in [0.15, 0.2) is 23.0 Å². The first-order chi connectivity index (χ1) is 22.3. The van der Waals surface area contributed by atoms with Crippen LogP contribution >= 0.6 is 15.9 Å². The Morgan fingerprint density at radius 2 is 1.40 bits per heavy atom. The van der Waals surface area contributed by atoms with Crippen LogP contribution in [0, 0.1) is 11.6 Å². The maximum absolute atomic E-state index is 14.7. The number of hydrogen-bond donors (Lipinski definition) is 0. The van der Waals surface area contributed by atoms with Crippen LogP contribution < -0.4 is 0 Å². The van der Waals surface area contributed by atoms with Crippen LogP contribution in [0.3, 0.4) is 0 Å². The van der Waals surface area contributed by atoms with Gasteiger partial charge < -0.3 is 19.1 Å². The number of carbonyl (C=O) groups is 3. The molecule has 1 amide bonds. The van der Waals surface area contributed by atoms with Crippen LogP contribution in [0.25, 0.3) is 16.9 Å². The summed E-state index contributed by atoms with van der Waals surface area (Å²) in [5.41, 5.74) is 0.862. The molecule has 0 saturated heterocycles. The molecule has 47 heavy (non-hydrogen) atoms. The summed E-state index contributed by atoms with van der Waals surface area (Å²) in [5, 5.41) is 14.9. The maximum Gasteiger partial charge on any atom is 0.410 e. The zero-order valence-electron chi connectivity index (χ0n) is 26.0. The fourth-order valence-corrected chi connectivity index (χ4v) is 4.11. The Morgan fingerprint density at radius 3 is 1.89 bits per heavy atom. The first-order valence-electron chi connectivity index (χ1n) is 14.1. The summed E-state index contributed by atoms with van der Waals surface area (Å²) in [6.45, 7) is 9.71. The number of hydrogen-bond acceptors (Lipinski definition) is 12. The third-order valence-corrected chi connectivity index (χ3v) is 6.55. The Hall–Kier alpha value is -5.13. The molecule has 0 saturated carbocycles. The quantitative estimate of drug-likeness (QED) is 0.151. The first kappa shape index (κ1) is 34.7. The predicted octanol–water partition coefficient (Wildman–Crippen LogP) is 4.35. The number of halogens is 3. The number of carbonyl (C=O) groups excluding carboxylic acids is 3. The van der Waals surface area contributed by atoms with Crippen molar-refractivity contribution in [1.82, 2.24) is 44.9 Å². The van der Waals surface area contributed by atoms with Crippen LogP contribution in [0.2, 0.25) is 0 Å². The van der Waals surface area contributed by atoms with Gasteiger partial charge in [0.2, 0.25) is 0 Å². The first-order valence-corrected chi connectivity index (χ1v) is 14.9. The number of esters is 2. The minimum atomic E-state index is -0.609. The Balaban J connectivity index is 0.000000238. The minimum Gasteiger partial charge on any atom is -0.461 e. The van der Waals surface area contributed by atoms with Crippen LogP contribution in [0.15, 0.2) is 47.6 Å². The number of ether oxygens (including phenoxy) is 3. The number of rotatable bonds is 7. The third-order valence-electron chi connectivity index (χ3n) is 5.97. The van der Waals surface area contributed by atoms with E-state index in [1.165, 1.54) is 51.2 Å². The monoisotopic (exact) mass is 717 g/mol. The predicted molar refractivity (Wildman–Crippen MR) is 164 cm³/mol. The summed E-state index contributed by atoms with van der Waals surface area (Å²) in [6, 6.07) is 2.46. The van der Waals surface area contributed by atoms with Crippen molar-refractivity contribution in [3.8, 4) is 11.4 Å². The van der Waals surface area contributed by atoms with E-state index in [0.29, 0.717) is 23.5 Å². The molecule has 248 valence electrons. The second kappa shape index (κ2) is 15.0. The fourth-order valence-electron chi connectivity index (χ4n) is 3.90. The molecule has 5 rings (SSSR count). The topological polar surface area (TPSA) is 169 Å². The maximum atomic E-state index is 14.7. The highest BCUT2D eigenvalue weighted by Gasteiger charge is 2.27. The molecule has 0 spiro atoms. The van der Waals surface area contributed by atoms with E-state index < -0.39 is 35.3 Å². The van der Waals surface area contributed by atoms with E-state index in [1.54, 1.807) is 40.7 Å². The third kappa shape index (κ3) is 8.99. The lowest BCUT2D eigenvalue weighted by molar-refractivity contribution is 0.0305. The molecular formula is C29H30BrF2N9O6. The van der Waals surface area contributed by atoms with Crippen LogP contribution in [0.1, 0.15) is 61.3 Å². The largest absolute Gasteiger partial charge is 0.461 e. The SMILES string of the molecule is CCOC(=O)c1cn(-c2cnc(Br)c(F)c2)nn1.CCOC(=O)c1cn(-c2cnc(C3=CCN(C(=O)OC(C)(C)C)C3)c(F)c2)nn1. The summed E-state index contributed by atoms with van der Waals surface area (Å²) in [6.07, 6.45) is 6.78. The van der Waals surface area contributed by atoms with Gasteiger partial charge in [-0.1, -0.05) is 16.5 Å². The van der Waals surface area contributed by atoms with E-state index >= 15 is 0 Å². The average Bonchev–Trinajstić information content (AvgIpc) is 3.80. The molecule has 0 fully saturated rings. The molecule has 0 aliphatic carbocycles. The second-order valence-corrected chi connectivity index (χ2v) is 11.4. The van der Waals surface area contributed by atoms with E-state index in [-0.39, 0.29) is 41.4 Å². The van der Waals surface area contributed by atoms with Gasteiger partial charge in [-0.2, -0.15) is 0 Å². The van der Waals surface area contributed by atoms with E-state index in [1.807, 2.05) is 0 Å². The molecule has 1 aliphatic heterocycles. The molecular weight excluding hydrogens is 688 g/mol. The lowest BCUT2D eigenvalue weighted by Crippen LogP contribution is -2.35. The smallest absolute Gasteiger partial charge is 0.410 e. The van der Waals surface area contributed by atoms with Crippen LogP contribution in [-0.2, 0) is 14.2 Å². The Bertz CT molecular complexity index is 1800. The van der Waals surface area contributed by atoms with E-state index in [4.69, 9.17) is 14.2 Å². The Kier molecular flexibility index (Phi) is 11.1. The van der Waals surface area contributed by atoms with Gasteiger partial charge in [0.25, 0.3) is 0 Å². The normalized spacial score (nSPS) is 12.6. The highest BCUT2D eigenvalue weighted by molar-refractivity contribution is 9.10. The van der Waals surface area contributed by atoms with Crippen molar-refractivity contribution in [3.63, 3.8) is 0 Å². The van der Waals surface area contributed by atoms with Crippen molar-refractivity contribution < 1.29 is 37.4 Å². The van der Waals surface area contributed by atoms with Gasteiger partial charge in [-0.25, -0.2) is 37.5 Å². The molecule has 0 aromatic carbocycles. The molecule has 0 radical (unpaired) electrons. The summed E-state index contributed by atoms with van der Waals surface area (Å²) < 4.78 is 45.5. The summed E-state index contributed by atoms with van der Waals surface area (Å²) in [5.74, 6) is -2.29. The molecule has 0 bridgehead atoms. The lowest BCUT2D eigenvalue weighted by atomic mass is 10.1. The lowest BCUT2D eigenvalue weighted by Gasteiger charge is -2.24. The van der Waals surface area contributed by atoms with Crippen LogP contribution in [-0.4, -0.2) is 94.8 Å². The highest BCUT2D eigenvalue weighted by Crippen LogP contribution is 2.24. The summed E-state index contributed by atoms with van der Waals surface area (Å²) in [4.78, 5) is 44.6. The number of pyridine rings is 2. The molecule has 0 N–H and O–H groups in total. The van der Waals surface area contributed by atoms with Crippen LogP contribution in [0.4, 0.5) is 13.6 Å². The summed E-state index contributed by atoms with van der Waals surface area (Å²) in [7, 11) is 0. The summed E-state index contributed by atoms with van der Waals surface area (Å²) >= 11 is 2.95. The number of amides is 1. The number of aromatic nitrogens is 8. The zero-order valence-corrected chi connectivity index (χ0v) is 27.6. The van der Waals surface area contributed by atoms with Gasteiger partial charge in [-0.15, -0.1) is 10.2 Å². The molecule has 4 aromatic rings. The molecule has 15 nitrogen and oxygen atoms in total. The standard InChI is InChI=1S/C19H22FN5O4.C10H8BrFN4O2/c1-5-28-17(26)15-11-25(23-22-15)13-8-14(20)16(21-9-13)12-6-7-24(10-12)18(27)29-19(2,3)4;1-2-18-10(17)8-5-16(15-14-8)6-3-7(12)9(11)13-4-6/h6,8-9,11H,5,7,10H2,1-4H3;3-5H,2H2,1H3. The van der Waals surface area contributed by atoms with Gasteiger partial charge in [0.05, 0.1) is 55.9 Å². The Morgan fingerprint density at radius 1 is 0.872 bits per heavy atom. The molecule has 1 aliphatic rings. The Labute approximate surface area is 275 Å². The molecule has 5 heterocycles. The van der Waals surface area contributed by atoms with Gasteiger partial charge in [0.1, 0.15) is 15.9 Å². The van der Waals surface area contributed by atoms with Crippen molar-refractivity contribution >= 4 is 39.5 Å².